The molecular weight excluding hydrogens is 343 g/mol. The number of aromatic nitrogens is 1. The van der Waals surface area contributed by atoms with Crippen LogP contribution in [0.2, 0.25) is 0 Å². The fourth-order valence-corrected chi connectivity index (χ4v) is 2.17. The third-order valence-electron chi connectivity index (χ3n) is 1.93. The number of sulfonamides is 1. The summed E-state index contributed by atoms with van der Waals surface area (Å²) in [5.41, 5.74) is 0. The molecule has 1 aromatic rings. The van der Waals surface area contributed by atoms with Gasteiger partial charge in [0, 0.05) is 0 Å². The molecule has 0 saturated heterocycles. The van der Waals surface area contributed by atoms with Crippen LogP contribution in [0.15, 0.2) is 12.3 Å². The van der Waals surface area contributed by atoms with Gasteiger partial charge in [0.2, 0.25) is 10.0 Å². The Labute approximate surface area is 108 Å². The highest BCUT2D eigenvalue weighted by molar-refractivity contribution is 14.1. The SMILES string of the molecule is CS(=O)(=O)Nc1cc(I)c(OC2CC2)cn1. The predicted molar refractivity (Wildman–Crippen MR) is 69.1 cm³/mol. The van der Waals surface area contributed by atoms with Gasteiger partial charge in [-0.15, -0.1) is 0 Å². The lowest BCUT2D eigenvalue weighted by Crippen LogP contribution is -2.11. The van der Waals surface area contributed by atoms with Crippen LogP contribution in [0.3, 0.4) is 0 Å². The van der Waals surface area contributed by atoms with Crippen molar-refractivity contribution in [1.82, 2.24) is 4.98 Å². The minimum absolute atomic E-state index is 0.309. The standard InChI is InChI=1S/C9H11IN2O3S/c1-16(13,14)12-9-4-7(10)8(5-11-9)15-6-2-3-6/h4-6H,2-3H2,1H3,(H,11,12). The Balaban J connectivity index is 2.14. The molecule has 0 atom stereocenters. The maximum atomic E-state index is 11.0. The van der Waals surface area contributed by atoms with E-state index < -0.39 is 10.0 Å². The van der Waals surface area contributed by atoms with E-state index in [1.807, 2.05) is 0 Å². The van der Waals surface area contributed by atoms with Crippen LogP contribution < -0.4 is 9.46 Å². The molecule has 2 rings (SSSR count). The molecule has 1 fully saturated rings. The molecule has 0 bridgehead atoms. The molecule has 1 heterocycles. The first kappa shape index (κ1) is 11.9. The quantitative estimate of drug-likeness (QED) is 0.834. The van der Waals surface area contributed by atoms with Crippen molar-refractivity contribution in [3.63, 3.8) is 0 Å². The van der Waals surface area contributed by atoms with Gasteiger partial charge in [-0.1, -0.05) is 0 Å². The van der Waals surface area contributed by atoms with E-state index in [0.717, 1.165) is 22.7 Å². The summed E-state index contributed by atoms with van der Waals surface area (Å²) in [5, 5.41) is 0. The lowest BCUT2D eigenvalue weighted by Gasteiger charge is -2.08. The summed E-state index contributed by atoms with van der Waals surface area (Å²) >= 11 is 2.10. The van der Waals surface area contributed by atoms with Gasteiger partial charge in [0.05, 0.1) is 22.1 Å². The zero-order valence-corrected chi connectivity index (χ0v) is 11.6. The van der Waals surface area contributed by atoms with E-state index >= 15 is 0 Å². The first-order valence-electron chi connectivity index (χ1n) is 4.74. The molecule has 1 aliphatic rings. The maximum Gasteiger partial charge on any atom is 0.230 e. The zero-order chi connectivity index (χ0) is 11.8. The molecule has 1 aliphatic carbocycles. The monoisotopic (exact) mass is 354 g/mol. The van der Waals surface area contributed by atoms with Crippen molar-refractivity contribution in [3.05, 3.63) is 15.8 Å². The van der Waals surface area contributed by atoms with Crippen molar-refractivity contribution in [2.45, 2.75) is 18.9 Å². The maximum absolute atomic E-state index is 11.0. The summed E-state index contributed by atoms with van der Waals surface area (Å²) in [7, 11) is -3.27. The minimum Gasteiger partial charge on any atom is -0.488 e. The van der Waals surface area contributed by atoms with Crippen molar-refractivity contribution in [1.29, 1.82) is 0 Å². The molecule has 1 aromatic heterocycles. The van der Waals surface area contributed by atoms with Gasteiger partial charge in [0.1, 0.15) is 5.82 Å². The van der Waals surface area contributed by atoms with Crippen molar-refractivity contribution in [3.8, 4) is 5.75 Å². The van der Waals surface area contributed by atoms with Gasteiger partial charge in [0.15, 0.2) is 5.75 Å². The minimum atomic E-state index is -3.27. The first-order chi connectivity index (χ1) is 7.44. The highest BCUT2D eigenvalue weighted by Gasteiger charge is 2.24. The van der Waals surface area contributed by atoms with Crippen molar-refractivity contribution in [2.75, 3.05) is 11.0 Å². The van der Waals surface area contributed by atoms with Gasteiger partial charge in [-0.3, -0.25) is 4.72 Å². The molecule has 0 aliphatic heterocycles. The molecule has 7 heteroatoms. The fourth-order valence-electron chi connectivity index (χ4n) is 1.12. The predicted octanol–water partition coefficient (Wildman–Crippen LogP) is 1.60. The van der Waals surface area contributed by atoms with Crippen LogP contribution in [0.1, 0.15) is 12.8 Å². The number of nitrogens with zero attached hydrogens (tertiary/aromatic N) is 1. The molecule has 0 unspecified atom stereocenters. The van der Waals surface area contributed by atoms with E-state index in [4.69, 9.17) is 4.74 Å². The molecule has 0 radical (unpaired) electrons. The molecule has 0 aromatic carbocycles. The molecule has 16 heavy (non-hydrogen) atoms. The van der Waals surface area contributed by atoms with Crippen LogP contribution in [-0.2, 0) is 10.0 Å². The van der Waals surface area contributed by atoms with Crippen LogP contribution in [-0.4, -0.2) is 25.8 Å². The van der Waals surface area contributed by atoms with E-state index in [1.165, 1.54) is 0 Å². The Morgan fingerprint density at radius 3 is 2.75 bits per heavy atom. The second-order valence-electron chi connectivity index (χ2n) is 3.69. The Kier molecular flexibility index (Phi) is 3.24. The van der Waals surface area contributed by atoms with Gasteiger partial charge in [-0.05, 0) is 41.5 Å². The van der Waals surface area contributed by atoms with Crippen LogP contribution in [0.4, 0.5) is 5.82 Å². The second kappa shape index (κ2) is 4.36. The summed E-state index contributed by atoms with van der Waals surface area (Å²) in [6.45, 7) is 0. The topological polar surface area (TPSA) is 68.3 Å². The van der Waals surface area contributed by atoms with Gasteiger partial charge >= 0.3 is 0 Å². The normalized spacial score (nSPS) is 15.9. The summed E-state index contributed by atoms with van der Waals surface area (Å²) in [5.74, 6) is 1.03. The Morgan fingerprint density at radius 2 is 2.25 bits per heavy atom. The summed E-state index contributed by atoms with van der Waals surface area (Å²) in [4.78, 5) is 3.99. The Morgan fingerprint density at radius 1 is 1.56 bits per heavy atom. The molecule has 0 amide bonds. The lowest BCUT2D eigenvalue weighted by atomic mass is 10.4. The largest absolute Gasteiger partial charge is 0.488 e. The number of hydrogen-bond acceptors (Lipinski definition) is 4. The van der Waals surface area contributed by atoms with E-state index in [2.05, 4.69) is 32.3 Å². The third-order valence-corrected chi connectivity index (χ3v) is 3.35. The number of pyridine rings is 1. The van der Waals surface area contributed by atoms with Gasteiger partial charge in [-0.25, -0.2) is 13.4 Å². The Hall–Kier alpha value is -0.570. The van der Waals surface area contributed by atoms with E-state index in [9.17, 15) is 8.42 Å². The number of hydrogen-bond donors (Lipinski definition) is 1. The van der Waals surface area contributed by atoms with Crippen LogP contribution in [0.5, 0.6) is 5.75 Å². The molecule has 5 nitrogen and oxygen atoms in total. The second-order valence-corrected chi connectivity index (χ2v) is 6.60. The number of anilines is 1. The van der Waals surface area contributed by atoms with Crippen molar-refractivity contribution < 1.29 is 13.2 Å². The van der Waals surface area contributed by atoms with Crippen LogP contribution in [0.25, 0.3) is 0 Å². The van der Waals surface area contributed by atoms with Crippen LogP contribution in [0, 0.1) is 3.57 Å². The third kappa shape index (κ3) is 3.48. The number of nitrogens with one attached hydrogen (secondary N) is 1. The molecular formula is C9H11IN2O3S. The van der Waals surface area contributed by atoms with E-state index in [0.29, 0.717) is 17.7 Å². The first-order valence-corrected chi connectivity index (χ1v) is 7.71. The van der Waals surface area contributed by atoms with Crippen molar-refractivity contribution >= 4 is 38.4 Å². The fraction of sp³-hybridized carbons (Fsp3) is 0.444. The lowest BCUT2D eigenvalue weighted by molar-refractivity contribution is 0.300. The number of rotatable bonds is 4. The molecule has 88 valence electrons. The smallest absolute Gasteiger partial charge is 0.230 e. The van der Waals surface area contributed by atoms with Gasteiger partial charge < -0.3 is 4.74 Å². The zero-order valence-electron chi connectivity index (χ0n) is 8.60. The summed E-state index contributed by atoms with van der Waals surface area (Å²) in [6.07, 6.45) is 5.12. The summed E-state index contributed by atoms with van der Waals surface area (Å²) in [6, 6.07) is 1.65. The van der Waals surface area contributed by atoms with Gasteiger partial charge in [0.25, 0.3) is 0 Å². The Bertz CT molecular complexity index is 499. The summed E-state index contributed by atoms with van der Waals surface area (Å²) < 4.78 is 30.8. The van der Waals surface area contributed by atoms with Gasteiger partial charge in [-0.2, -0.15) is 0 Å². The number of ether oxygens (including phenoxy) is 1. The molecule has 0 spiro atoms. The van der Waals surface area contributed by atoms with E-state index in [-0.39, 0.29) is 0 Å². The van der Waals surface area contributed by atoms with E-state index in [1.54, 1.807) is 12.3 Å². The van der Waals surface area contributed by atoms with Crippen molar-refractivity contribution in [2.24, 2.45) is 0 Å². The average Bonchev–Trinajstić information content (AvgIpc) is 2.90. The average molecular weight is 354 g/mol. The highest BCUT2D eigenvalue weighted by Crippen LogP contribution is 2.30. The van der Waals surface area contributed by atoms with Crippen LogP contribution >= 0.6 is 22.6 Å². The highest BCUT2D eigenvalue weighted by atomic mass is 127. The molecule has 1 saturated carbocycles. The molecule has 1 N–H and O–H groups in total. The number of halogens is 1.